The Balaban J connectivity index is 0.000000156. The molecular weight excluding hydrogens is 1530 g/mol. The first kappa shape index (κ1) is 81.2. The molecule has 0 spiro atoms. The number of likely N-dealkylation sites (N-methyl/N-ethyl adjacent to an activating group) is 1. The van der Waals surface area contributed by atoms with Crippen LogP contribution in [0.1, 0.15) is 78.0 Å². The van der Waals surface area contributed by atoms with Crippen LogP contribution in [0.15, 0.2) is 121 Å². The van der Waals surface area contributed by atoms with E-state index in [0.29, 0.717) is 136 Å². The summed E-state index contributed by atoms with van der Waals surface area (Å²) in [5.74, 6) is 3.65. The summed E-state index contributed by atoms with van der Waals surface area (Å²) in [5.41, 5.74) is 3.62. The first-order chi connectivity index (χ1) is 53.5. The lowest BCUT2D eigenvalue weighted by molar-refractivity contribution is -0.137. The van der Waals surface area contributed by atoms with Gasteiger partial charge in [-0.05, 0) is 116 Å². The number of aromatic nitrogens is 6. The molecule has 1 aliphatic carbocycles. The van der Waals surface area contributed by atoms with Gasteiger partial charge in [-0.3, -0.25) is 23.9 Å². The zero-order chi connectivity index (χ0) is 79.7. The Morgan fingerprint density at radius 1 is 0.777 bits per heavy atom. The van der Waals surface area contributed by atoms with Crippen molar-refractivity contribution in [2.24, 2.45) is 0 Å². The molecule has 7 heterocycles. The molecule has 36 heteroatoms. The number of amides is 1. The van der Waals surface area contributed by atoms with Gasteiger partial charge in [-0.2, -0.15) is 18.2 Å². The van der Waals surface area contributed by atoms with E-state index in [1.165, 1.54) is 59.7 Å². The fourth-order valence-electron chi connectivity index (χ4n) is 12.8. The normalized spacial score (nSPS) is 15.7. The Morgan fingerprint density at radius 3 is 2.26 bits per heavy atom. The monoisotopic (exact) mass is 1610 g/mol. The summed E-state index contributed by atoms with van der Waals surface area (Å²) in [7, 11) is -1.64. The quantitative estimate of drug-likeness (QED) is 0.0277. The number of fused-ring (bicyclic) bond motifs is 4. The third-order valence-corrected chi connectivity index (χ3v) is 20.5. The number of phosphoric ester groups is 1. The maximum atomic E-state index is 14.8. The molecule has 0 atom stereocenters. The lowest BCUT2D eigenvalue weighted by atomic mass is 9.90. The minimum Gasteiger partial charge on any atom is -0.493 e. The van der Waals surface area contributed by atoms with Gasteiger partial charge >= 0.3 is 14.0 Å². The van der Waals surface area contributed by atoms with Crippen LogP contribution >= 0.6 is 19.4 Å². The molecule has 0 unspecified atom stereocenters. The smallest absolute Gasteiger partial charge is 0.471 e. The van der Waals surface area contributed by atoms with Crippen molar-refractivity contribution in [1.29, 1.82) is 0 Å². The average Bonchev–Trinajstić information content (AvgIpc) is 0.905. The summed E-state index contributed by atoms with van der Waals surface area (Å²) in [4.78, 5) is 74.3. The van der Waals surface area contributed by atoms with Crippen LogP contribution in [0, 0.1) is 5.82 Å². The van der Waals surface area contributed by atoms with Gasteiger partial charge in [0.1, 0.15) is 77.5 Å². The molecular formula is C76H82ClF4N12O17PS. The summed E-state index contributed by atoms with van der Waals surface area (Å²) in [6.07, 6.45) is 3.06. The minimum atomic E-state index is -4.86. The summed E-state index contributed by atoms with van der Waals surface area (Å²) in [6, 6.07) is 27.1. The van der Waals surface area contributed by atoms with Gasteiger partial charge in [0.25, 0.3) is 5.91 Å². The van der Waals surface area contributed by atoms with Crippen LogP contribution in [0.2, 0.25) is 5.02 Å². The fourth-order valence-corrected chi connectivity index (χ4v) is 14.0. The zero-order valence-electron chi connectivity index (χ0n) is 62.1. The van der Waals surface area contributed by atoms with Gasteiger partial charge in [-0.25, -0.2) is 42.3 Å². The van der Waals surface area contributed by atoms with Gasteiger partial charge < -0.3 is 73.3 Å². The molecule has 4 aliphatic heterocycles. The molecule has 0 radical (unpaired) electrons. The van der Waals surface area contributed by atoms with Crippen LogP contribution in [0.25, 0.3) is 10.9 Å². The molecule has 1 amide bonds. The van der Waals surface area contributed by atoms with Crippen molar-refractivity contribution in [3.8, 4) is 46.0 Å². The number of methoxy groups -OCH3 is 3. The van der Waals surface area contributed by atoms with Crippen LogP contribution in [0.4, 0.5) is 52.2 Å². The maximum absolute atomic E-state index is 14.8. The molecule has 0 bridgehead atoms. The molecule has 5 N–H and O–H groups in total. The first-order valence-electron chi connectivity index (χ1n) is 35.4. The second-order valence-corrected chi connectivity index (χ2v) is 30.8. The van der Waals surface area contributed by atoms with Crippen LogP contribution < -0.4 is 58.7 Å². The van der Waals surface area contributed by atoms with E-state index in [1.54, 1.807) is 54.6 Å². The second-order valence-electron chi connectivity index (χ2n) is 27.2. The number of phosphoric acid groups is 1. The average molecular weight is 1610 g/mol. The van der Waals surface area contributed by atoms with Crippen molar-refractivity contribution in [3.63, 3.8) is 0 Å². The van der Waals surface area contributed by atoms with Gasteiger partial charge in [-0.1, -0.05) is 35.9 Å². The van der Waals surface area contributed by atoms with Crippen molar-refractivity contribution >= 4 is 86.5 Å². The standard InChI is InChI=1S/C27H32ClN5O5.C26H29FN3O9P.C23H21F3N4O3S/c1-32-6-8-33(9-7-32)10-13-35-19-14-21-24(23(15-19)38-18-4-11-34-12-5-18)27(30-16-29-21)31-25-20(28)2-3-22-26(25)37-17-36-22;1-26(2)25(31)30(14-38-40(32,33)34)19-9-15(6-7-20(19)39-26)8-18-17(27)13-28-23(29-18)12-16-10-21(35-3)24(37-5)22(11-16)36-4;1-34(32,33)19-4-2-3-14(9-19)12-27-21-20(23(24,25)26)13-28-22(30-21)29-17-7-5-16-11-18(31)8-6-15(16)10-17/h2-3,14-16,18H,4-13,17H2,1H3,(H,29,30,31);6-7,9-11,13H,8,12,14H2,1-5H3,(H2,32,33,34);2-5,7,9-10,13H,6,8,11-12H2,1H3,(H2,27,28,29,30). The highest BCUT2D eigenvalue weighted by Gasteiger charge is 2.42. The molecule has 6 aromatic carbocycles. The second kappa shape index (κ2) is 35.2. The molecule has 2 saturated heterocycles. The van der Waals surface area contributed by atoms with E-state index in [4.69, 9.17) is 64.0 Å². The number of alkyl halides is 3. The van der Waals surface area contributed by atoms with Crippen molar-refractivity contribution in [3.05, 3.63) is 172 Å². The summed E-state index contributed by atoms with van der Waals surface area (Å²) in [5, 5.41) is 10.2. The number of halogens is 5. The number of ether oxygens (including phenoxy) is 9. The lowest BCUT2D eigenvalue weighted by Gasteiger charge is -2.38. The summed E-state index contributed by atoms with van der Waals surface area (Å²) in [6.45, 7) is 9.51. The molecule has 5 aliphatic rings. The Kier molecular flexibility index (Phi) is 25.5. The van der Waals surface area contributed by atoms with E-state index in [9.17, 15) is 40.1 Å². The predicted octanol–water partition coefficient (Wildman–Crippen LogP) is 11.6. The third kappa shape index (κ3) is 20.5. The number of hydrogen-bond donors (Lipinski definition) is 5. The zero-order valence-corrected chi connectivity index (χ0v) is 64.5. The van der Waals surface area contributed by atoms with Crippen LogP contribution in [-0.2, 0) is 71.7 Å². The number of Topliss-reactive ketones (excluding diaryl/α,β-unsaturated/α-hetero) is 1. The van der Waals surface area contributed by atoms with Gasteiger partial charge in [0.15, 0.2) is 44.3 Å². The number of nitrogens with one attached hydrogen (secondary N) is 3. The number of benzene rings is 6. The number of hydrogen-bond acceptors (Lipinski definition) is 26. The molecule has 29 nitrogen and oxygen atoms in total. The molecule has 594 valence electrons. The van der Waals surface area contributed by atoms with E-state index in [1.807, 2.05) is 24.3 Å². The Hall–Kier alpha value is -10.3. The Labute approximate surface area is 647 Å². The highest BCUT2D eigenvalue weighted by atomic mass is 35.5. The molecule has 14 rings (SSSR count). The van der Waals surface area contributed by atoms with E-state index >= 15 is 0 Å². The Bertz CT molecular complexity index is 5090. The molecule has 9 aromatic rings. The number of aryl methyl sites for hydroxylation is 1. The maximum Gasteiger partial charge on any atom is 0.471 e. The highest BCUT2D eigenvalue weighted by Crippen LogP contribution is 2.48. The van der Waals surface area contributed by atoms with Gasteiger partial charge in [0.2, 0.25) is 18.5 Å². The van der Waals surface area contributed by atoms with E-state index in [0.717, 1.165) is 85.0 Å². The van der Waals surface area contributed by atoms with Crippen LogP contribution in [0.5, 0.6) is 46.0 Å². The number of carbonyl (C=O) groups is 2. The number of nitrogens with zero attached hydrogens (tertiary/aromatic N) is 9. The largest absolute Gasteiger partial charge is 0.493 e. The SMILES string of the molecule is CN1CCN(CCOc2cc(OC3CCOCC3)c3c(Nc4c(Cl)ccc5c4OCO5)ncnc3c2)CC1.COc1cc(Cc2ncc(F)c(Cc3ccc4c(c3)N(COP(=O)(O)O)C(=O)C(C)(C)O4)n2)cc(OC)c1OC.CS(=O)(=O)c1cccc(CNc2nc(Nc3ccc4c(c3)CCC(=O)C4)ncc2C(F)(F)F)c1. The van der Waals surface area contributed by atoms with Crippen LogP contribution in [0.3, 0.4) is 0 Å². The van der Waals surface area contributed by atoms with Crippen molar-refractivity contribution in [2.75, 3.05) is 122 Å². The number of anilines is 6. The number of piperazine rings is 1. The third-order valence-electron chi connectivity index (χ3n) is 18.7. The first-order valence-corrected chi connectivity index (χ1v) is 39.2. The van der Waals surface area contributed by atoms with Crippen LogP contribution in [-0.4, -0.2) is 182 Å². The summed E-state index contributed by atoms with van der Waals surface area (Å²) < 4.78 is 146. The summed E-state index contributed by atoms with van der Waals surface area (Å²) >= 11 is 6.55. The molecule has 0 saturated carbocycles. The van der Waals surface area contributed by atoms with Crippen molar-refractivity contribution < 1.29 is 97.1 Å². The fraction of sp³-hybridized carbons (Fsp3) is 0.368. The topological polar surface area (TPSA) is 341 Å². The Morgan fingerprint density at radius 2 is 1.54 bits per heavy atom. The minimum absolute atomic E-state index is 0.0295. The van der Waals surface area contributed by atoms with Gasteiger partial charge in [0.05, 0.1) is 72.9 Å². The molecule has 3 aromatic heterocycles. The number of carbonyl (C=O) groups excluding carboxylic acids is 2. The van der Waals surface area contributed by atoms with Crippen molar-refractivity contribution in [2.45, 2.75) is 88.1 Å². The van der Waals surface area contributed by atoms with Gasteiger partial charge in [0, 0.05) is 108 Å². The number of ketones is 1. The van der Waals surface area contributed by atoms with Gasteiger partial charge in [-0.15, -0.1) is 0 Å². The highest BCUT2D eigenvalue weighted by molar-refractivity contribution is 7.90. The van der Waals surface area contributed by atoms with E-state index < -0.39 is 59.3 Å². The van der Waals surface area contributed by atoms with E-state index in [-0.39, 0.29) is 60.3 Å². The predicted molar refractivity (Wildman–Crippen MR) is 405 cm³/mol. The molecule has 112 heavy (non-hydrogen) atoms. The number of sulfone groups is 1. The lowest BCUT2D eigenvalue weighted by Crippen LogP contribution is -2.53. The number of rotatable bonds is 24. The van der Waals surface area contributed by atoms with Crippen molar-refractivity contribution in [1.82, 2.24) is 39.7 Å². The molecule has 2 fully saturated rings. The van der Waals surface area contributed by atoms with E-state index in [2.05, 4.69) is 67.2 Å².